The van der Waals surface area contributed by atoms with E-state index in [-0.39, 0.29) is 127 Å². The van der Waals surface area contributed by atoms with Crippen LogP contribution in [0.3, 0.4) is 0 Å². The molecule has 24 nitrogen and oxygen atoms in total. The van der Waals surface area contributed by atoms with Crippen LogP contribution < -0.4 is 21.3 Å². The Hall–Kier alpha value is -6.76. The summed E-state index contributed by atoms with van der Waals surface area (Å²) in [6, 6.07) is 9.48. The van der Waals surface area contributed by atoms with Gasteiger partial charge in [0.1, 0.15) is 17.9 Å². The van der Waals surface area contributed by atoms with E-state index in [1.807, 2.05) is 47.4 Å². The third-order valence-electron chi connectivity index (χ3n) is 13.5. The minimum Gasteiger partial charge on any atom is -0.481 e. The van der Waals surface area contributed by atoms with Crippen LogP contribution in [0.25, 0.3) is 10.8 Å². The SMILES string of the molecule is O=C(O)CCC(NC(=O)NC(CCCCNC(=O)C(CC(=O)C1CCC(CNC(=O)CN2CCN(CC(=O)O)CCN(CC(=O)O)CCN(CC(=O)O)CC2)CC1)Cc1cccc2ccccc12)C(=O)O)C(=O)O. The number of urea groups is 1. The van der Waals surface area contributed by atoms with E-state index in [9.17, 15) is 73.5 Å². The van der Waals surface area contributed by atoms with Gasteiger partial charge in [0.05, 0.1) is 26.2 Å². The van der Waals surface area contributed by atoms with Gasteiger partial charge in [0.2, 0.25) is 11.8 Å². The van der Waals surface area contributed by atoms with Crippen LogP contribution in [0.1, 0.15) is 69.8 Å². The Morgan fingerprint density at radius 2 is 1.05 bits per heavy atom. The second-order valence-corrected chi connectivity index (χ2v) is 19.1. The van der Waals surface area contributed by atoms with Gasteiger partial charge < -0.3 is 51.9 Å². The van der Waals surface area contributed by atoms with Gasteiger partial charge in [-0.2, -0.15) is 0 Å². The fourth-order valence-corrected chi connectivity index (χ4v) is 9.36. The fraction of sp³-hybridized carbons (Fsp3) is 0.600. The van der Waals surface area contributed by atoms with Crippen molar-refractivity contribution < 1.29 is 78.6 Å². The molecule has 24 heteroatoms. The quantitative estimate of drug-likeness (QED) is 0.0525. The summed E-state index contributed by atoms with van der Waals surface area (Å²) in [6.45, 7) is 1.85. The van der Waals surface area contributed by atoms with E-state index in [4.69, 9.17) is 5.11 Å². The van der Waals surface area contributed by atoms with Crippen LogP contribution >= 0.6 is 0 Å². The van der Waals surface area contributed by atoms with Crippen molar-refractivity contribution in [3.63, 3.8) is 0 Å². The number of carbonyl (C=O) groups is 10. The van der Waals surface area contributed by atoms with E-state index in [1.54, 1.807) is 14.7 Å². The van der Waals surface area contributed by atoms with Crippen LogP contribution in [-0.4, -0.2) is 213 Å². The van der Waals surface area contributed by atoms with Crippen molar-refractivity contribution in [3.05, 3.63) is 48.0 Å². The first-order valence-corrected chi connectivity index (χ1v) is 25.1. The number of nitrogens with one attached hydrogen (secondary N) is 4. The summed E-state index contributed by atoms with van der Waals surface area (Å²) in [7, 11) is 0. The van der Waals surface area contributed by atoms with E-state index >= 15 is 0 Å². The Bertz CT molecular complexity index is 2220. The number of benzene rings is 2. The maximum Gasteiger partial charge on any atom is 0.326 e. The van der Waals surface area contributed by atoms with Gasteiger partial charge in [-0.3, -0.25) is 53.2 Å². The molecule has 1 aliphatic heterocycles. The largest absolute Gasteiger partial charge is 0.481 e. The van der Waals surface area contributed by atoms with Gasteiger partial charge in [0, 0.05) is 90.1 Å². The highest BCUT2D eigenvalue weighted by Crippen LogP contribution is 2.32. The zero-order chi connectivity index (χ0) is 54.2. The molecule has 4 amide bonds. The number of aliphatic carboxylic acids is 6. The number of Topliss-reactive ketones (excluding diaryl/α,β-unsaturated/α-hetero) is 1. The van der Waals surface area contributed by atoms with E-state index in [2.05, 4.69) is 21.3 Å². The summed E-state index contributed by atoms with van der Waals surface area (Å²) in [5.74, 6) is -8.85. The lowest BCUT2D eigenvalue weighted by Gasteiger charge is -2.33. The van der Waals surface area contributed by atoms with E-state index in [1.165, 1.54) is 0 Å². The molecule has 2 aromatic rings. The molecule has 2 aromatic carbocycles. The minimum atomic E-state index is -1.55. The average molecular weight is 1040 g/mol. The number of carboxylic acid groups (broad SMARTS) is 6. The number of hydrogen-bond acceptors (Lipinski definition) is 14. The molecule has 0 bridgehead atoms. The summed E-state index contributed by atoms with van der Waals surface area (Å²) >= 11 is 0. The lowest BCUT2D eigenvalue weighted by atomic mass is 9.77. The molecule has 0 radical (unpaired) electrons. The Balaban J connectivity index is 1.30. The Morgan fingerprint density at radius 1 is 0.554 bits per heavy atom. The van der Waals surface area contributed by atoms with Gasteiger partial charge in [-0.25, -0.2) is 14.4 Å². The van der Waals surface area contributed by atoms with Gasteiger partial charge in [-0.15, -0.1) is 0 Å². The highest BCUT2D eigenvalue weighted by Gasteiger charge is 2.32. The van der Waals surface area contributed by atoms with Gasteiger partial charge in [-0.1, -0.05) is 42.5 Å². The van der Waals surface area contributed by atoms with Crippen molar-refractivity contribution in [3.8, 4) is 0 Å². The molecule has 74 heavy (non-hydrogen) atoms. The predicted octanol–water partition coefficient (Wildman–Crippen LogP) is 0.713. The first kappa shape index (κ1) is 59.8. The first-order chi connectivity index (χ1) is 35.3. The lowest BCUT2D eigenvalue weighted by molar-refractivity contribution is -0.141. The number of hydrogen-bond donors (Lipinski definition) is 10. The van der Waals surface area contributed by atoms with E-state index in [0.29, 0.717) is 51.7 Å². The van der Waals surface area contributed by atoms with Crippen LogP contribution in [0.2, 0.25) is 0 Å². The minimum absolute atomic E-state index is 0.0186. The predicted molar refractivity (Wildman–Crippen MR) is 266 cm³/mol. The molecule has 2 fully saturated rings. The van der Waals surface area contributed by atoms with Gasteiger partial charge in [-0.05, 0) is 80.0 Å². The molecule has 0 aromatic heterocycles. The Morgan fingerprint density at radius 3 is 1.57 bits per heavy atom. The number of carboxylic acids is 6. The molecule has 0 spiro atoms. The monoisotopic (exact) mass is 1040 g/mol. The number of carbonyl (C=O) groups excluding carboxylic acids is 4. The third kappa shape index (κ3) is 22.2. The van der Waals surface area contributed by atoms with Crippen LogP contribution in [0.4, 0.5) is 4.79 Å². The van der Waals surface area contributed by atoms with Gasteiger partial charge >= 0.3 is 41.8 Å². The molecule has 1 saturated heterocycles. The van der Waals surface area contributed by atoms with Crippen LogP contribution in [0.5, 0.6) is 0 Å². The van der Waals surface area contributed by atoms with Crippen molar-refractivity contribution >= 4 is 70.2 Å². The first-order valence-electron chi connectivity index (χ1n) is 25.1. The van der Waals surface area contributed by atoms with Crippen molar-refractivity contribution in [2.75, 3.05) is 91.6 Å². The number of ketones is 1. The summed E-state index contributed by atoms with van der Waals surface area (Å²) in [4.78, 5) is 130. The van der Waals surface area contributed by atoms with Gasteiger partial charge in [0.25, 0.3) is 0 Å². The second-order valence-electron chi connectivity index (χ2n) is 19.1. The molecule has 3 atom stereocenters. The molecule has 2 aliphatic rings. The Kier molecular flexibility index (Phi) is 25.1. The summed E-state index contributed by atoms with van der Waals surface area (Å²) in [5.41, 5.74) is 0.893. The van der Waals surface area contributed by atoms with Crippen molar-refractivity contribution in [1.29, 1.82) is 0 Å². The molecule has 1 aliphatic carbocycles. The molecule has 3 unspecified atom stereocenters. The topological polar surface area (TPSA) is 353 Å². The standard InChI is InChI=1S/C50H72N8O16/c59-41(35-13-11-33(12-14-35)28-52-42(60)29-55-18-20-56(30-44(63)64)22-24-58(32-46(67)68)25-23-57(21-19-55)31-45(65)66)27-37(26-36-8-5-7-34-6-1-2-9-38(34)36)47(69)51-17-4-3-10-39(48(70)71)53-50(74)54-40(49(72)73)15-16-43(61)62/h1-2,5-9,33,35,37,39-40H,3-4,10-32H2,(H,51,69)(H,52,60)(H,61,62)(H,63,64)(H,65,66)(H,67,68)(H,70,71)(H,72,73)(H2,53,54,74). The lowest BCUT2D eigenvalue weighted by Crippen LogP contribution is -2.51. The second kappa shape index (κ2) is 31.1. The van der Waals surface area contributed by atoms with Crippen LogP contribution in [-0.2, 0) is 49.6 Å². The molecule has 1 heterocycles. The van der Waals surface area contributed by atoms with E-state index in [0.717, 1.165) is 16.3 Å². The summed E-state index contributed by atoms with van der Waals surface area (Å²) in [6.07, 6.45) is 2.27. The Labute approximate surface area is 428 Å². The average Bonchev–Trinajstić information content (AvgIpc) is 3.34. The van der Waals surface area contributed by atoms with Gasteiger partial charge in [0.15, 0.2) is 0 Å². The van der Waals surface area contributed by atoms with Crippen molar-refractivity contribution in [2.24, 2.45) is 17.8 Å². The van der Waals surface area contributed by atoms with E-state index < -0.39 is 72.7 Å². The number of amides is 4. The molecular formula is C50H72N8O16. The number of nitrogens with zero attached hydrogens (tertiary/aromatic N) is 4. The zero-order valence-corrected chi connectivity index (χ0v) is 41.7. The third-order valence-corrected chi connectivity index (χ3v) is 13.5. The molecule has 1 saturated carbocycles. The van der Waals surface area contributed by atoms with Crippen molar-refractivity contribution in [1.82, 2.24) is 40.9 Å². The highest BCUT2D eigenvalue weighted by atomic mass is 16.4. The van der Waals surface area contributed by atoms with Crippen LogP contribution in [0, 0.1) is 17.8 Å². The van der Waals surface area contributed by atoms with Crippen molar-refractivity contribution in [2.45, 2.75) is 82.7 Å². The van der Waals surface area contributed by atoms with Crippen LogP contribution in [0.15, 0.2) is 42.5 Å². The number of rotatable bonds is 28. The molecule has 408 valence electrons. The summed E-state index contributed by atoms with van der Waals surface area (Å²) in [5, 5.41) is 68.5. The molecule has 10 N–H and O–H groups in total. The normalized spacial score (nSPS) is 18.8. The zero-order valence-electron chi connectivity index (χ0n) is 41.7. The number of unbranched alkanes of at least 4 members (excludes halogenated alkanes) is 1. The number of fused-ring (bicyclic) bond motifs is 1. The molecule has 4 rings (SSSR count). The summed E-state index contributed by atoms with van der Waals surface area (Å²) < 4.78 is 0. The molecular weight excluding hydrogens is 969 g/mol. The highest BCUT2D eigenvalue weighted by molar-refractivity contribution is 5.90. The maximum atomic E-state index is 14.0. The maximum absolute atomic E-state index is 14.0. The fourth-order valence-electron chi connectivity index (χ4n) is 9.36. The smallest absolute Gasteiger partial charge is 0.326 e.